The first kappa shape index (κ1) is 22.8. The summed E-state index contributed by atoms with van der Waals surface area (Å²) in [5.41, 5.74) is -0.125. The van der Waals surface area contributed by atoms with Gasteiger partial charge in [0.15, 0.2) is 0 Å². The Kier molecular flexibility index (Phi) is 5.61. The molecular weight excluding hydrogens is 431 g/mol. The SMILES string of the molecule is C[C@@H](N[C@H]1CCN(c2ccc(F)c(C3(O)CC(C)(C(=O)O)C3)c2)C1)c1cccc2ccccc12. The standard InChI is InChI=1S/C28H31FN2O3/c1-18(22-9-5-7-19-6-3-4-8-23(19)22)30-20-12-13-31(15-20)21-10-11-25(29)24(14-21)28(34)16-27(2,17-28)26(32)33/h3-11,14,18,20,30,34H,12-13,15-17H2,1-2H3,(H,32,33)/t18-,20+,27?,28?/m1/s1. The Balaban J connectivity index is 1.29. The lowest BCUT2D eigenvalue weighted by Gasteiger charge is -2.49. The smallest absolute Gasteiger partial charge is 0.309 e. The van der Waals surface area contributed by atoms with Crippen molar-refractivity contribution in [1.82, 2.24) is 5.32 Å². The topological polar surface area (TPSA) is 72.8 Å². The van der Waals surface area contributed by atoms with Crippen molar-refractivity contribution >= 4 is 22.4 Å². The molecule has 1 heterocycles. The van der Waals surface area contributed by atoms with E-state index in [4.69, 9.17) is 0 Å². The van der Waals surface area contributed by atoms with Gasteiger partial charge in [0.1, 0.15) is 5.82 Å². The van der Waals surface area contributed by atoms with Crippen LogP contribution in [0.1, 0.15) is 50.3 Å². The highest BCUT2D eigenvalue weighted by Gasteiger charge is 2.57. The number of benzene rings is 3. The van der Waals surface area contributed by atoms with Crippen LogP contribution in [0.2, 0.25) is 0 Å². The summed E-state index contributed by atoms with van der Waals surface area (Å²) >= 11 is 0. The third-order valence-electron chi connectivity index (χ3n) is 7.66. The number of carbonyl (C=O) groups is 1. The molecule has 0 aromatic heterocycles. The largest absolute Gasteiger partial charge is 0.481 e. The van der Waals surface area contributed by atoms with E-state index < -0.39 is 22.8 Å². The lowest BCUT2D eigenvalue weighted by molar-refractivity contribution is -0.180. The van der Waals surface area contributed by atoms with Crippen LogP contribution in [-0.2, 0) is 10.4 Å². The highest BCUT2D eigenvalue weighted by Crippen LogP contribution is 2.55. The first-order valence-corrected chi connectivity index (χ1v) is 11.9. The molecule has 0 bridgehead atoms. The predicted octanol–water partition coefficient (Wildman–Crippen LogP) is 4.98. The van der Waals surface area contributed by atoms with Gasteiger partial charge in [-0.2, -0.15) is 0 Å². The molecule has 2 aliphatic rings. The fraction of sp³-hybridized carbons (Fsp3) is 0.393. The number of nitrogens with one attached hydrogen (secondary N) is 1. The average Bonchev–Trinajstić information content (AvgIpc) is 3.26. The molecule has 2 atom stereocenters. The van der Waals surface area contributed by atoms with Gasteiger partial charge < -0.3 is 20.4 Å². The summed E-state index contributed by atoms with van der Waals surface area (Å²) in [6.07, 6.45) is 0.994. The zero-order valence-corrected chi connectivity index (χ0v) is 19.6. The minimum absolute atomic E-state index is 0.0163. The highest BCUT2D eigenvalue weighted by molar-refractivity contribution is 5.86. The van der Waals surface area contributed by atoms with E-state index >= 15 is 0 Å². The van der Waals surface area contributed by atoms with Crippen LogP contribution in [0.5, 0.6) is 0 Å². The predicted molar refractivity (Wildman–Crippen MR) is 131 cm³/mol. The van der Waals surface area contributed by atoms with Crippen molar-refractivity contribution in [3.05, 3.63) is 77.6 Å². The maximum atomic E-state index is 14.7. The molecular formula is C28H31FN2O3. The molecule has 3 aromatic carbocycles. The first-order valence-electron chi connectivity index (χ1n) is 11.9. The summed E-state index contributed by atoms with van der Waals surface area (Å²) in [7, 11) is 0. The number of aliphatic hydroxyl groups is 1. The summed E-state index contributed by atoms with van der Waals surface area (Å²) < 4.78 is 14.7. The molecule has 2 fully saturated rings. The minimum atomic E-state index is -1.44. The summed E-state index contributed by atoms with van der Waals surface area (Å²) in [6, 6.07) is 20.1. The molecule has 178 valence electrons. The van der Waals surface area contributed by atoms with Gasteiger partial charge in [-0.1, -0.05) is 42.5 Å². The lowest BCUT2D eigenvalue weighted by Crippen LogP contribution is -2.52. The van der Waals surface area contributed by atoms with Crippen molar-refractivity contribution in [2.45, 2.75) is 50.8 Å². The molecule has 0 spiro atoms. The van der Waals surface area contributed by atoms with Gasteiger partial charge in [0.2, 0.25) is 0 Å². The Hall–Kier alpha value is -2.96. The molecule has 34 heavy (non-hydrogen) atoms. The quantitative estimate of drug-likeness (QED) is 0.482. The molecule has 1 aliphatic carbocycles. The molecule has 3 aromatic rings. The van der Waals surface area contributed by atoms with Crippen molar-refractivity contribution in [2.24, 2.45) is 5.41 Å². The number of rotatable bonds is 6. The highest BCUT2D eigenvalue weighted by atomic mass is 19.1. The molecule has 1 aliphatic heterocycles. The average molecular weight is 463 g/mol. The second-order valence-corrected chi connectivity index (χ2v) is 10.3. The van der Waals surface area contributed by atoms with E-state index in [9.17, 15) is 19.4 Å². The second-order valence-electron chi connectivity index (χ2n) is 10.3. The van der Waals surface area contributed by atoms with Crippen LogP contribution in [0.4, 0.5) is 10.1 Å². The number of hydrogen-bond acceptors (Lipinski definition) is 4. The van der Waals surface area contributed by atoms with Crippen molar-refractivity contribution in [3.63, 3.8) is 0 Å². The van der Waals surface area contributed by atoms with E-state index in [1.54, 1.807) is 19.1 Å². The third-order valence-corrected chi connectivity index (χ3v) is 7.66. The van der Waals surface area contributed by atoms with Gasteiger partial charge in [0, 0.05) is 36.4 Å². The molecule has 0 amide bonds. The van der Waals surface area contributed by atoms with Gasteiger partial charge in [0.05, 0.1) is 11.0 Å². The minimum Gasteiger partial charge on any atom is -0.481 e. The number of carboxylic acids is 1. The van der Waals surface area contributed by atoms with Gasteiger partial charge in [0.25, 0.3) is 0 Å². The normalized spacial score (nSPS) is 27.5. The number of anilines is 1. The summed E-state index contributed by atoms with van der Waals surface area (Å²) in [4.78, 5) is 13.7. The van der Waals surface area contributed by atoms with Crippen molar-refractivity contribution in [1.29, 1.82) is 0 Å². The number of fused-ring (bicyclic) bond motifs is 1. The van der Waals surface area contributed by atoms with Crippen molar-refractivity contribution in [3.8, 4) is 0 Å². The van der Waals surface area contributed by atoms with Crippen molar-refractivity contribution in [2.75, 3.05) is 18.0 Å². The van der Waals surface area contributed by atoms with E-state index in [1.807, 2.05) is 0 Å². The zero-order chi connectivity index (χ0) is 24.1. The van der Waals surface area contributed by atoms with Gasteiger partial charge in [-0.25, -0.2) is 4.39 Å². The van der Waals surface area contributed by atoms with Crippen LogP contribution in [0.25, 0.3) is 10.8 Å². The monoisotopic (exact) mass is 462 g/mol. The number of carboxylic acid groups (broad SMARTS) is 1. The van der Waals surface area contributed by atoms with Crippen LogP contribution < -0.4 is 10.2 Å². The van der Waals surface area contributed by atoms with Crippen molar-refractivity contribution < 1.29 is 19.4 Å². The van der Waals surface area contributed by atoms with Gasteiger partial charge in [-0.3, -0.25) is 4.79 Å². The molecule has 0 unspecified atom stereocenters. The Morgan fingerprint density at radius 3 is 2.65 bits per heavy atom. The van der Waals surface area contributed by atoms with Crippen LogP contribution >= 0.6 is 0 Å². The molecule has 5 nitrogen and oxygen atoms in total. The van der Waals surface area contributed by atoms with Crippen LogP contribution in [-0.4, -0.2) is 35.3 Å². The lowest BCUT2D eigenvalue weighted by atomic mass is 9.58. The molecule has 1 saturated heterocycles. The Morgan fingerprint density at radius 1 is 1.15 bits per heavy atom. The van der Waals surface area contributed by atoms with E-state index in [1.165, 1.54) is 22.4 Å². The fourth-order valence-corrected chi connectivity index (χ4v) is 5.85. The molecule has 1 saturated carbocycles. The number of nitrogens with zero attached hydrogens (tertiary/aromatic N) is 1. The zero-order valence-electron chi connectivity index (χ0n) is 19.6. The summed E-state index contributed by atoms with van der Waals surface area (Å²) in [5, 5.41) is 26.6. The van der Waals surface area contributed by atoms with Crippen LogP contribution in [0.15, 0.2) is 60.7 Å². The number of halogens is 1. The molecule has 6 heteroatoms. The first-order chi connectivity index (χ1) is 16.2. The van der Waals surface area contributed by atoms with Gasteiger partial charge in [-0.05, 0) is 67.6 Å². The third kappa shape index (κ3) is 3.95. The molecule has 0 radical (unpaired) electrons. The Labute approximate surface area is 199 Å². The second kappa shape index (κ2) is 8.36. The Morgan fingerprint density at radius 2 is 1.88 bits per heavy atom. The van der Waals surface area contributed by atoms with Crippen LogP contribution in [0, 0.1) is 11.2 Å². The number of hydrogen-bond donors (Lipinski definition) is 3. The van der Waals surface area contributed by atoms with E-state index in [0.717, 1.165) is 25.2 Å². The van der Waals surface area contributed by atoms with Crippen LogP contribution in [0.3, 0.4) is 0 Å². The molecule has 5 rings (SSSR count). The van der Waals surface area contributed by atoms with E-state index in [0.29, 0.717) is 0 Å². The summed E-state index contributed by atoms with van der Waals surface area (Å²) in [6.45, 7) is 5.40. The van der Waals surface area contributed by atoms with E-state index in [2.05, 4.69) is 59.6 Å². The maximum Gasteiger partial charge on any atom is 0.309 e. The van der Waals surface area contributed by atoms with E-state index in [-0.39, 0.29) is 30.5 Å². The van der Waals surface area contributed by atoms with Gasteiger partial charge in [-0.15, -0.1) is 0 Å². The molecule has 3 N–H and O–H groups in total. The maximum absolute atomic E-state index is 14.7. The number of aliphatic carboxylic acids is 1. The fourth-order valence-electron chi connectivity index (χ4n) is 5.85. The Bertz CT molecular complexity index is 1230. The van der Waals surface area contributed by atoms with Gasteiger partial charge >= 0.3 is 5.97 Å². The summed E-state index contributed by atoms with van der Waals surface area (Å²) in [5.74, 6) is -1.44.